The zero-order chi connectivity index (χ0) is 20.0. The molecule has 1 fully saturated rings. The molecular weight excluding hydrogens is 385 g/mol. The predicted molar refractivity (Wildman–Crippen MR) is 92.3 cm³/mol. The Labute approximate surface area is 158 Å². The highest BCUT2D eigenvalue weighted by Crippen LogP contribution is 2.37. The Balaban J connectivity index is 1.67. The fourth-order valence-corrected chi connectivity index (χ4v) is 3.66. The van der Waals surface area contributed by atoms with Crippen molar-refractivity contribution in [2.45, 2.75) is 44.8 Å². The van der Waals surface area contributed by atoms with Crippen LogP contribution in [0.25, 0.3) is 0 Å². The summed E-state index contributed by atoms with van der Waals surface area (Å²) < 4.78 is 43.0. The predicted octanol–water partition coefficient (Wildman–Crippen LogP) is 2.57. The third kappa shape index (κ3) is 6.85. The number of aryl methyl sites for hydroxylation is 1. The van der Waals surface area contributed by atoms with Gasteiger partial charge >= 0.3 is 12.1 Å². The number of rotatable bonds is 6. The number of ether oxygens (including phenoxy) is 1. The van der Waals surface area contributed by atoms with E-state index in [9.17, 15) is 27.6 Å². The van der Waals surface area contributed by atoms with Crippen LogP contribution in [0.1, 0.15) is 40.2 Å². The van der Waals surface area contributed by atoms with Gasteiger partial charge in [-0.25, -0.2) is 0 Å². The van der Waals surface area contributed by atoms with Gasteiger partial charge in [0.2, 0.25) is 0 Å². The van der Waals surface area contributed by atoms with Gasteiger partial charge in [-0.15, -0.1) is 11.3 Å². The summed E-state index contributed by atoms with van der Waals surface area (Å²) in [7, 11) is 0. The maximum absolute atomic E-state index is 12.8. The van der Waals surface area contributed by atoms with Crippen molar-refractivity contribution in [2.24, 2.45) is 5.92 Å². The van der Waals surface area contributed by atoms with Gasteiger partial charge in [-0.2, -0.15) is 13.2 Å². The highest BCUT2D eigenvalue weighted by molar-refractivity contribution is 7.13. The van der Waals surface area contributed by atoms with Gasteiger partial charge in [0.1, 0.15) is 6.54 Å². The van der Waals surface area contributed by atoms with E-state index < -0.39 is 49.1 Å². The van der Waals surface area contributed by atoms with Crippen LogP contribution in [0.2, 0.25) is 0 Å². The molecule has 27 heavy (non-hydrogen) atoms. The fourth-order valence-electron chi connectivity index (χ4n) is 2.88. The monoisotopic (exact) mass is 406 g/mol. The van der Waals surface area contributed by atoms with E-state index in [0.29, 0.717) is 17.7 Å². The number of hydrogen-bond acceptors (Lipinski definition) is 5. The summed E-state index contributed by atoms with van der Waals surface area (Å²) in [5.74, 6) is -3.30. The summed E-state index contributed by atoms with van der Waals surface area (Å²) >= 11 is 1.28. The minimum absolute atomic E-state index is 0.0638. The van der Waals surface area contributed by atoms with Crippen molar-refractivity contribution in [1.82, 2.24) is 10.6 Å². The van der Waals surface area contributed by atoms with Crippen molar-refractivity contribution in [3.05, 3.63) is 21.9 Å². The second-order valence-electron chi connectivity index (χ2n) is 6.42. The Hall–Kier alpha value is -2.10. The number of alkyl halides is 3. The van der Waals surface area contributed by atoms with Crippen LogP contribution in [0.15, 0.2) is 12.1 Å². The van der Waals surface area contributed by atoms with E-state index in [0.717, 1.165) is 4.88 Å². The lowest BCUT2D eigenvalue weighted by Crippen LogP contribution is -2.43. The minimum Gasteiger partial charge on any atom is -0.454 e. The van der Waals surface area contributed by atoms with Crippen molar-refractivity contribution < 1.29 is 32.3 Å². The van der Waals surface area contributed by atoms with Crippen LogP contribution in [0.5, 0.6) is 0 Å². The Morgan fingerprint density at radius 2 is 2.00 bits per heavy atom. The molecule has 1 heterocycles. The van der Waals surface area contributed by atoms with Crippen LogP contribution in [0.3, 0.4) is 0 Å². The largest absolute Gasteiger partial charge is 0.454 e. The van der Waals surface area contributed by atoms with Crippen LogP contribution >= 0.6 is 11.3 Å². The summed E-state index contributed by atoms with van der Waals surface area (Å²) in [6.07, 6.45) is -3.53. The topological polar surface area (TPSA) is 84.5 Å². The minimum atomic E-state index is -4.27. The molecule has 0 aromatic carbocycles. The van der Waals surface area contributed by atoms with Crippen molar-refractivity contribution in [1.29, 1.82) is 0 Å². The van der Waals surface area contributed by atoms with Crippen LogP contribution in [-0.4, -0.2) is 43.2 Å². The Morgan fingerprint density at radius 1 is 1.26 bits per heavy atom. The lowest BCUT2D eigenvalue weighted by atomic mass is 9.85. The molecular formula is C17H21F3N2O4S. The summed E-state index contributed by atoms with van der Waals surface area (Å²) in [5.41, 5.74) is 0. The van der Waals surface area contributed by atoms with E-state index >= 15 is 0 Å². The van der Waals surface area contributed by atoms with E-state index in [1.54, 1.807) is 12.1 Å². The quantitative estimate of drug-likeness (QED) is 0.712. The molecule has 2 amide bonds. The molecule has 1 aromatic rings. The first-order valence-electron chi connectivity index (χ1n) is 8.51. The average Bonchev–Trinajstić information content (AvgIpc) is 3.04. The first kappa shape index (κ1) is 21.2. The van der Waals surface area contributed by atoms with Crippen LogP contribution in [0.4, 0.5) is 13.2 Å². The van der Waals surface area contributed by atoms with E-state index in [-0.39, 0.29) is 12.8 Å². The highest BCUT2D eigenvalue weighted by atomic mass is 32.1. The molecule has 1 saturated carbocycles. The smallest absolute Gasteiger partial charge is 0.391 e. The molecule has 2 atom stereocenters. The zero-order valence-corrected chi connectivity index (χ0v) is 15.5. The SMILES string of the molecule is Cc1ccc(C(=O)NCC(=O)OCC(=O)N[C@@H]2CCC[C@H](C(F)(F)F)C2)s1. The number of carbonyl (C=O) groups excluding carboxylic acids is 3. The second-order valence-corrected chi connectivity index (χ2v) is 7.71. The number of halogens is 3. The lowest BCUT2D eigenvalue weighted by molar-refractivity contribution is -0.184. The molecule has 0 saturated heterocycles. The standard InChI is InChI=1S/C17H21F3N2O4S/c1-10-5-6-13(27-10)16(25)21-8-15(24)26-9-14(23)22-12-4-2-3-11(7-12)17(18,19)20/h5-6,11-12H,2-4,7-9H2,1H3,(H,21,25)(H,22,23)/t11-,12+/m0/s1. The molecule has 6 nitrogen and oxygen atoms in total. The van der Waals surface area contributed by atoms with Crippen LogP contribution in [-0.2, 0) is 14.3 Å². The van der Waals surface area contributed by atoms with Gasteiger partial charge in [0.25, 0.3) is 11.8 Å². The third-order valence-electron chi connectivity index (χ3n) is 4.22. The number of esters is 1. The Bertz CT molecular complexity index is 690. The fraction of sp³-hybridized carbons (Fsp3) is 0.588. The van der Waals surface area contributed by atoms with Crippen LogP contribution < -0.4 is 10.6 Å². The number of hydrogen-bond donors (Lipinski definition) is 2. The highest BCUT2D eigenvalue weighted by Gasteiger charge is 2.42. The van der Waals surface area contributed by atoms with Crippen molar-refractivity contribution >= 4 is 29.1 Å². The van der Waals surface area contributed by atoms with Crippen molar-refractivity contribution in [2.75, 3.05) is 13.2 Å². The average molecular weight is 406 g/mol. The van der Waals surface area contributed by atoms with Crippen LogP contribution in [0, 0.1) is 12.8 Å². The number of amides is 2. The molecule has 2 rings (SSSR count). The van der Waals surface area contributed by atoms with E-state index in [1.165, 1.54) is 11.3 Å². The Morgan fingerprint density at radius 3 is 2.63 bits per heavy atom. The number of thiophene rings is 1. The van der Waals surface area contributed by atoms with Gasteiger partial charge in [-0.3, -0.25) is 14.4 Å². The van der Waals surface area contributed by atoms with E-state index in [1.807, 2.05) is 6.92 Å². The maximum Gasteiger partial charge on any atom is 0.391 e. The first-order chi connectivity index (χ1) is 12.6. The van der Waals surface area contributed by atoms with Gasteiger partial charge in [0.05, 0.1) is 10.8 Å². The lowest BCUT2D eigenvalue weighted by Gasteiger charge is -2.30. The van der Waals surface area contributed by atoms with Gasteiger partial charge in [0, 0.05) is 10.9 Å². The molecule has 2 N–H and O–H groups in total. The molecule has 10 heteroatoms. The van der Waals surface area contributed by atoms with Crippen molar-refractivity contribution in [3.63, 3.8) is 0 Å². The summed E-state index contributed by atoms with van der Waals surface area (Å²) in [5, 5.41) is 4.85. The normalized spacial score (nSPS) is 20.0. The number of carbonyl (C=O) groups is 3. The molecule has 0 spiro atoms. The van der Waals surface area contributed by atoms with Gasteiger partial charge < -0.3 is 15.4 Å². The second kappa shape index (κ2) is 9.20. The Kier molecular flexibility index (Phi) is 7.23. The molecule has 0 radical (unpaired) electrons. The van der Waals surface area contributed by atoms with Gasteiger partial charge in [-0.05, 0) is 38.3 Å². The summed E-state index contributed by atoms with van der Waals surface area (Å²) in [4.78, 5) is 36.6. The molecule has 1 aromatic heterocycles. The molecule has 150 valence electrons. The summed E-state index contributed by atoms with van der Waals surface area (Å²) in [6, 6.07) is 2.82. The molecule has 0 unspecified atom stereocenters. The van der Waals surface area contributed by atoms with Gasteiger partial charge in [-0.1, -0.05) is 6.42 Å². The van der Waals surface area contributed by atoms with E-state index in [4.69, 9.17) is 4.74 Å². The maximum atomic E-state index is 12.8. The molecule has 0 aliphatic heterocycles. The van der Waals surface area contributed by atoms with E-state index in [2.05, 4.69) is 10.6 Å². The van der Waals surface area contributed by atoms with Crippen molar-refractivity contribution in [3.8, 4) is 0 Å². The third-order valence-corrected chi connectivity index (χ3v) is 5.22. The number of nitrogens with one attached hydrogen (secondary N) is 2. The molecule has 1 aliphatic carbocycles. The molecule has 1 aliphatic rings. The first-order valence-corrected chi connectivity index (χ1v) is 9.33. The molecule has 0 bridgehead atoms. The van der Waals surface area contributed by atoms with Gasteiger partial charge in [0.15, 0.2) is 6.61 Å². The zero-order valence-electron chi connectivity index (χ0n) is 14.7. The summed E-state index contributed by atoms with van der Waals surface area (Å²) in [6.45, 7) is 0.847.